The van der Waals surface area contributed by atoms with E-state index in [0.717, 1.165) is 24.1 Å². The molecule has 0 aromatic heterocycles. The fourth-order valence-electron chi connectivity index (χ4n) is 3.12. The normalized spacial score (nSPS) is 17.9. The number of benzene rings is 1. The molecule has 1 aromatic rings. The molecular weight excluding hydrogens is 288 g/mol. The topological polar surface area (TPSA) is 49.4 Å². The molecule has 4 heteroatoms. The van der Waals surface area contributed by atoms with E-state index in [9.17, 15) is 9.59 Å². The monoisotopic (exact) mass is 316 g/mol. The zero-order valence-electron chi connectivity index (χ0n) is 14.7. The number of carbonyl (C=O) groups excluding carboxylic acids is 2. The lowest BCUT2D eigenvalue weighted by atomic mass is 10.0. The van der Waals surface area contributed by atoms with Gasteiger partial charge in [-0.15, -0.1) is 0 Å². The van der Waals surface area contributed by atoms with Crippen molar-refractivity contribution < 1.29 is 9.59 Å². The number of amides is 2. The SMILES string of the molecule is CCc1cccc(C)c1N1CC(C(=O)NCCC(C)C)CC1=O. The predicted octanol–water partition coefficient (Wildman–Crippen LogP) is 3.07. The number of carbonyl (C=O) groups is 2. The van der Waals surface area contributed by atoms with Crippen molar-refractivity contribution in [3.63, 3.8) is 0 Å². The molecule has 1 unspecified atom stereocenters. The van der Waals surface area contributed by atoms with Crippen LogP contribution >= 0.6 is 0 Å². The Kier molecular flexibility index (Phi) is 5.80. The summed E-state index contributed by atoms with van der Waals surface area (Å²) in [4.78, 5) is 26.5. The third-order valence-corrected chi connectivity index (χ3v) is 4.49. The summed E-state index contributed by atoms with van der Waals surface area (Å²) in [5.74, 6) is 0.390. The zero-order chi connectivity index (χ0) is 17.0. The standard InChI is InChI=1S/C19H28N2O2/c1-5-15-8-6-7-14(4)18(15)21-12-16(11-17(21)22)19(23)20-10-9-13(2)3/h6-8,13,16H,5,9-12H2,1-4H3,(H,20,23). The number of hydrogen-bond donors (Lipinski definition) is 1. The van der Waals surface area contributed by atoms with E-state index < -0.39 is 0 Å². The molecule has 1 aromatic carbocycles. The van der Waals surface area contributed by atoms with Crippen LogP contribution in [0.5, 0.6) is 0 Å². The first kappa shape index (κ1) is 17.5. The van der Waals surface area contributed by atoms with Gasteiger partial charge in [0.2, 0.25) is 11.8 Å². The maximum Gasteiger partial charge on any atom is 0.227 e. The second-order valence-corrected chi connectivity index (χ2v) is 6.82. The van der Waals surface area contributed by atoms with Crippen molar-refractivity contribution in [3.05, 3.63) is 29.3 Å². The van der Waals surface area contributed by atoms with Crippen LogP contribution in [0.25, 0.3) is 0 Å². The van der Waals surface area contributed by atoms with E-state index in [4.69, 9.17) is 0 Å². The van der Waals surface area contributed by atoms with Crippen LogP contribution in [0.1, 0.15) is 44.7 Å². The first-order valence-corrected chi connectivity index (χ1v) is 8.60. The third-order valence-electron chi connectivity index (χ3n) is 4.49. The maximum atomic E-state index is 12.4. The van der Waals surface area contributed by atoms with Gasteiger partial charge in [-0.1, -0.05) is 39.0 Å². The molecule has 1 atom stereocenters. The fraction of sp³-hybridized carbons (Fsp3) is 0.579. The van der Waals surface area contributed by atoms with Gasteiger partial charge in [0.15, 0.2) is 0 Å². The summed E-state index contributed by atoms with van der Waals surface area (Å²) in [6, 6.07) is 6.11. The van der Waals surface area contributed by atoms with Crippen molar-refractivity contribution in [2.24, 2.45) is 11.8 Å². The minimum absolute atomic E-state index is 0.00753. The molecule has 0 aliphatic carbocycles. The smallest absolute Gasteiger partial charge is 0.227 e. The van der Waals surface area contributed by atoms with Crippen LogP contribution < -0.4 is 10.2 Å². The van der Waals surface area contributed by atoms with Crippen molar-refractivity contribution in [2.45, 2.75) is 47.0 Å². The van der Waals surface area contributed by atoms with Crippen LogP contribution in [0, 0.1) is 18.8 Å². The second-order valence-electron chi connectivity index (χ2n) is 6.82. The van der Waals surface area contributed by atoms with Crippen molar-refractivity contribution in [1.82, 2.24) is 5.32 Å². The first-order chi connectivity index (χ1) is 10.9. The Morgan fingerprint density at radius 1 is 1.39 bits per heavy atom. The molecule has 1 heterocycles. The Morgan fingerprint density at radius 3 is 2.78 bits per heavy atom. The molecule has 0 saturated carbocycles. The number of rotatable bonds is 6. The largest absolute Gasteiger partial charge is 0.356 e. The predicted molar refractivity (Wildman–Crippen MR) is 93.5 cm³/mol. The van der Waals surface area contributed by atoms with Crippen LogP contribution in [0.3, 0.4) is 0 Å². The zero-order valence-corrected chi connectivity index (χ0v) is 14.7. The van der Waals surface area contributed by atoms with Crippen molar-refractivity contribution in [3.8, 4) is 0 Å². The van der Waals surface area contributed by atoms with Gasteiger partial charge in [-0.3, -0.25) is 9.59 Å². The molecular formula is C19H28N2O2. The van der Waals surface area contributed by atoms with Crippen LogP contribution in [0.2, 0.25) is 0 Å². The van der Waals surface area contributed by atoms with Gasteiger partial charge in [-0.2, -0.15) is 0 Å². The lowest BCUT2D eigenvalue weighted by Gasteiger charge is -2.22. The van der Waals surface area contributed by atoms with Gasteiger partial charge in [-0.25, -0.2) is 0 Å². The van der Waals surface area contributed by atoms with Gasteiger partial charge in [0.1, 0.15) is 0 Å². The number of para-hydroxylation sites is 1. The maximum absolute atomic E-state index is 12.4. The summed E-state index contributed by atoms with van der Waals surface area (Å²) in [6.45, 7) is 9.57. The number of nitrogens with zero attached hydrogens (tertiary/aromatic N) is 1. The van der Waals surface area contributed by atoms with Gasteiger partial charge in [0, 0.05) is 25.2 Å². The highest BCUT2D eigenvalue weighted by Crippen LogP contribution is 2.31. The highest BCUT2D eigenvalue weighted by atomic mass is 16.2. The summed E-state index contributed by atoms with van der Waals surface area (Å²) in [5.41, 5.74) is 3.26. The van der Waals surface area contributed by atoms with Crippen molar-refractivity contribution >= 4 is 17.5 Å². The summed E-state index contributed by atoms with van der Waals surface area (Å²) in [6.07, 6.45) is 2.16. The van der Waals surface area contributed by atoms with E-state index in [-0.39, 0.29) is 17.7 Å². The van der Waals surface area contributed by atoms with Crippen molar-refractivity contribution in [1.29, 1.82) is 0 Å². The van der Waals surface area contributed by atoms with Gasteiger partial charge in [0.05, 0.1) is 5.92 Å². The average molecular weight is 316 g/mol. The average Bonchev–Trinajstić information content (AvgIpc) is 2.88. The summed E-state index contributed by atoms with van der Waals surface area (Å²) in [7, 11) is 0. The molecule has 2 amide bonds. The molecule has 23 heavy (non-hydrogen) atoms. The van der Waals surface area contributed by atoms with E-state index in [0.29, 0.717) is 25.4 Å². The van der Waals surface area contributed by atoms with Crippen LogP contribution in [-0.4, -0.2) is 24.9 Å². The van der Waals surface area contributed by atoms with E-state index in [1.165, 1.54) is 5.56 Å². The minimum atomic E-state index is -0.237. The second kappa shape index (κ2) is 7.62. The first-order valence-electron chi connectivity index (χ1n) is 8.60. The van der Waals surface area contributed by atoms with E-state index >= 15 is 0 Å². The highest BCUT2D eigenvalue weighted by molar-refractivity contribution is 6.01. The van der Waals surface area contributed by atoms with Gasteiger partial charge in [0.25, 0.3) is 0 Å². The van der Waals surface area contributed by atoms with Crippen LogP contribution in [-0.2, 0) is 16.0 Å². The fourth-order valence-corrected chi connectivity index (χ4v) is 3.12. The van der Waals surface area contributed by atoms with Gasteiger partial charge >= 0.3 is 0 Å². The summed E-state index contributed by atoms with van der Waals surface area (Å²) in [5, 5.41) is 2.97. The molecule has 1 fully saturated rings. The molecule has 2 rings (SSSR count). The molecule has 1 saturated heterocycles. The number of aryl methyl sites for hydroxylation is 2. The quantitative estimate of drug-likeness (QED) is 0.877. The van der Waals surface area contributed by atoms with E-state index in [2.05, 4.69) is 32.2 Å². The van der Waals surface area contributed by atoms with E-state index in [1.807, 2.05) is 19.1 Å². The number of hydrogen-bond acceptors (Lipinski definition) is 2. The molecule has 126 valence electrons. The van der Waals surface area contributed by atoms with Gasteiger partial charge < -0.3 is 10.2 Å². The van der Waals surface area contributed by atoms with E-state index in [1.54, 1.807) is 4.90 Å². The lowest BCUT2D eigenvalue weighted by molar-refractivity contribution is -0.126. The molecule has 0 radical (unpaired) electrons. The third kappa shape index (κ3) is 4.12. The number of anilines is 1. The molecule has 4 nitrogen and oxygen atoms in total. The molecule has 1 N–H and O–H groups in total. The Hall–Kier alpha value is -1.84. The Labute approximate surface area is 139 Å². The minimum Gasteiger partial charge on any atom is -0.356 e. The summed E-state index contributed by atoms with van der Waals surface area (Å²) < 4.78 is 0. The highest BCUT2D eigenvalue weighted by Gasteiger charge is 2.36. The Morgan fingerprint density at radius 2 is 2.13 bits per heavy atom. The molecule has 0 spiro atoms. The summed E-state index contributed by atoms with van der Waals surface area (Å²) >= 11 is 0. The Balaban J connectivity index is 2.07. The lowest BCUT2D eigenvalue weighted by Crippen LogP contribution is -2.34. The molecule has 1 aliphatic rings. The molecule has 1 aliphatic heterocycles. The number of nitrogens with one attached hydrogen (secondary N) is 1. The van der Waals surface area contributed by atoms with Crippen LogP contribution in [0.4, 0.5) is 5.69 Å². The molecule has 0 bridgehead atoms. The van der Waals surface area contributed by atoms with Crippen LogP contribution in [0.15, 0.2) is 18.2 Å². The van der Waals surface area contributed by atoms with Crippen molar-refractivity contribution in [2.75, 3.05) is 18.0 Å². The Bertz CT molecular complexity index is 581. The van der Waals surface area contributed by atoms with Gasteiger partial charge in [-0.05, 0) is 36.8 Å².